The van der Waals surface area contributed by atoms with Gasteiger partial charge in [-0.2, -0.15) is 0 Å². The third-order valence-electron chi connectivity index (χ3n) is 5.89. The van der Waals surface area contributed by atoms with E-state index in [0.29, 0.717) is 22.9 Å². The lowest BCUT2D eigenvalue weighted by molar-refractivity contribution is -0.139. The Balaban J connectivity index is 2.00. The average Bonchev–Trinajstić information content (AvgIpc) is 2.89. The summed E-state index contributed by atoms with van der Waals surface area (Å²) in [7, 11) is -2.67. The standard InChI is InChI=1S/C27H29Cl2N3O4S/c1-3-25(27(34)30-2)31(17-16-20-8-5-4-6-9-20)26(33)19-32(23-11-7-10-22(29)18-23)37(35,36)24-14-12-21(28)13-15-24/h4-15,18,25H,3,16-17,19H2,1-2H3,(H,30,34). The lowest BCUT2D eigenvalue weighted by Crippen LogP contribution is -2.52. The summed E-state index contributed by atoms with van der Waals surface area (Å²) in [6.07, 6.45) is 0.864. The summed E-state index contributed by atoms with van der Waals surface area (Å²) in [6, 6.07) is 20.8. The van der Waals surface area contributed by atoms with Crippen LogP contribution < -0.4 is 9.62 Å². The van der Waals surface area contributed by atoms with Crippen molar-refractivity contribution in [1.29, 1.82) is 0 Å². The largest absolute Gasteiger partial charge is 0.357 e. The van der Waals surface area contributed by atoms with Gasteiger partial charge in [0, 0.05) is 23.6 Å². The normalized spacial score (nSPS) is 12.0. The Kier molecular flexibility index (Phi) is 9.97. The summed E-state index contributed by atoms with van der Waals surface area (Å²) in [5.41, 5.74) is 1.22. The van der Waals surface area contributed by atoms with Gasteiger partial charge in [-0.3, -0.25) is 13.9 Å². The van der Waals surface area contributed by atoms with Gasteiger partial charge in [-0.05, 0) is 60.9 Å². The molecule has 2 amide bonds. The Bertz CT molecular complexity index is 1320. The molecule has 7 nitrogen and oxygen atoms in total. The lowest BCUT2D eigenvalue weighted by Gasteiger charge is -2.33. The summed E-state index contributed by atoms with van der Waals surface area (Å²) in [4.78, 5) is 27.9. The molecule has 3 rings (SSSR count). The number of carbonyl (C=O) groups is 2. The maximum atomic E-state index is 13.8. The Labute approximate surface area is 228 Å². The van der Waals surface area contributed by atoms with Crippen molar-refractivity contribution in [2.45, 2.75) is 30.7 Å². The predicted molar refractivity (Wildman–Crippen MR) is 147 cm³/mol. The first-order chi connectivity index (χ1) is 17.7. The molecule has 0 bridgehead atoms. The molecule has 0 radical (unpaired) electrons. The zero-order valence-corrected chi connectivity index (χ0v) is 22.9. The smallest absolute Gasteiger partial charge is 0.264 e. The summed E-state index contributed by atoms with van der Waals surface area (Å²) in [6.45, 7) is 1.52. The van der Waals surface area contributed by atoms with Crippen molar-refractivity contribution in [3.05, 3.63) is 94.5 Å². The second-order valence-electron chi connectivity index (χ2n) is 8.31. The molecule has 37 heavy (non-hydrogen) atoms. The highest BCUT2D eigenvalue weighted by Crippen LogP contribution is 2.27. The molecule has 3 aromatic carbocycles. The maximum absolute atomic E-state index is 13.8. The van der Waals surface area contributed by atoms with Crippen molar-refractivity contribution in [2.75, 3.05) is 24.4 Å². The minimum Gasteiger partial charge on any atom is -0.357 e. The molecule has 0 heterocycles. The van der Waals surface area contributed by atoms with E-state index in [1.807, 2.05) is 37.3 Å². The molecule has 0 aliphatic heterocycles. The predicted octanol–water partition coefficient (Wildman–Crippen LogP) is 4.78. The van der Waals surface area contributed by atoms with Gasteiger partial charge in [0.05, 0.1) is 10.6 Å². The van der Waals surface area contributed by atoms with Crippen LogP contribution in [0.25, 0.3) is 0 Å². The highest BCUT2D eigenvalue weighted by molar-refractivity contribution is 7.92. The fraction of sp³-hybridized carbons (Fsp3) is 0.259. The molecule has 10 heteroatoms. The van der Waals surface area contributed by atoms with E-state index in [2.05, 4.69) is 5.32 Å². The molecular formula is C27H29Cl2N3O4S. The number of halogens is 2. The van der Waals surface area contributed by atoms with Gasteiger partial charge in [-0.15, -0.1) is 0 Å². The van der Waals surface area contributed by atoms with Gasteiger partial charge < -0.3 is 10.2 Å². The van der Waals surface area contributed by atoms with Gasteiger partial charge in [0.15, 0.2) is 0 Å². The highest BCUT2D eigenvalue weighted by atomic mass is 35.5. The van der Waals surface area contributed by atoms with Crippen molar-refractivity contribution in [3.63, 3.8) is 0 Å². The molecule has 0 saturated heterocycles. The molecule has 3 aromatic rings. The number of likely N-dealkylation sites (N-methyl/N-ethyl adjacent to an activating group) is 1. The van der Waals surface area contributed by atoms with E-state index in [4.69, 9.17) is 23.2 Å². The molecule has 0 spiro atoms. The van der Waals surface area contributed by atoms with Gasteiger partial charge in [0.2, 0.25) is 11.8 Å². The molecule has 1 N–H and O–H groups in total. The summed E-state index contributed by atoms with van der Waals surface area (Å²) in [5, 5.41) is 3.31. The minimum atomic E-state index is -4.17. The third-order valence-corrected chi connectivity index (χ3v) is 8.17. The number of benzene rings is 3. The van der Waals surface area contributed by atoms with Crippen LogP contribution in [0, 0.1) is 0 Å². The summed E-state index contributed by atoms with van der Waals surface area (Å²) < 4.78 is 28.4. The number of hydrogen-bond donors (Lipinski definition) is 1. The van der Waals surface area contributed by atoms with Crippen LogP contribution in [-0.4, -0.2) is 51.3 Å². The zero-order chi connectivity index (χ0) is 27.0. The number of hydrogen-bond acceptors (Lipinski definition) is 4. The number of nitrogens with one attached hydrogen (secondary N) is 1. The number of amides is 2. The molecule has 0 aliphatic carbocycles. The van der Waals surface area contributed by atoms with Crippen LogP contribution in [0.1, 0.15) is 18.9 Å². The van der Waals surface area contributed by atoms with Crippen LogP contribution in [0.15, 0.2) is 83.8 Å². The molecule has 1 unspecified atom stereocenters. The molecule has 0 fully saturated rings. The molecule has 0 aliphatic rings. The second-order valence-corrected chi connectivity index (χ2v) is 11.0. The van der Waals surface area contributed by atoms with Crippen molar-refractivity contribution in [1.82, 2.24) is 10.2 Å². The average molecular weight is 563 g/mol. The van der Waals surface area contributed by atoms with E-state index in [0.717, 1.165) is 9.87 Å². The van der Waals surface area contributed by atoms with Crippen LogP contribution in [0.3, 0.4) is 0 Å². The Morgan fingerprint density at radius 1 is 0.919 bits per heavy atom. The van der Waals surface area contributed by atoms with Crippen LogP contribution in [-0.2, 0) is 26.0 Å². The second kappa shape index (κ2) is 12.9. The van der Waals surface area contributed by atoms with Crippen LogP contribution >= 0.6 is 23.2 Å². The fourth-order valence-corrected chi connectivity index (χ4v) is 5.67. The van der Waals surface area contributed by atoms with Crippen molar-refractivity contribution < 1.29 is 18.0 Å². The lowest BCUT2D eigenvalue weighted by atomic mass is 10.1. The minimum absolute atomic E-state index is 0.0288. The Morgan fingerprint density at radius 2 is 1.59 bits per heavy atom. The van der Waals surface area contributed by atoms with Gasteiger partial charge in [0.25, 0.3) is 10.0 Å². The van der Waals surface area contributed by atoms with Gasteiger partial charge in [0.1, 0.15) is 12.6 Å². The summed E-state index contributed by atoms with van der Waals surface area (Å²) in [5.74, 6) is -0.831. The Morgan fingerprint density at radius 3 is 2.19 bits per heavy atom. The first-order valence-corrected chi connectivity index (χ1v) is 14.0. The number of anilines is 1. The van der Waals surface area contributed by atoms with E-state index in [1.165, 1.54) is 42.3 Å². The van der Waals surface area contributed by atoms with Crippen molar-refractivity contribution in [2.24, 2.45) is 0 Å². The third kappa shape index (κ3) is 7.25. The van der Waals surface area contributed by atoms with Gasteiger partial charge in [-0.25, -0.2) is 8.42 Å². The Hall–Kier alpha value is -3.07. The zero-order valence-electron chi connectivity index (χ0n) is 20.6. The van der Waals surface area contributed by atoms with Crippen molar-refractivity contribution in [3.8, 4) is 0 Å². The SMILES string of the molecule is CCC(C(=O)NC)N(CCc1ccccc1)C(=O)CN(c1cccc(Cl)c1)S(=O)(=O)c1ccc(Cl)cc1. The van der Waals surface area contributed by atoms with Crippen LogP contribution in [0.2, 0.25) is 10.0 Å². The number of nitrogens with zero attached hydrogens (tertiary/aromatic N) is 2. The quantitative estimate of drug-likeness (QED) is 0.364. The molecule has 0 aromatic heterocycles. The van der Waals surface area contributed by atoms with Crippen LogP contribution in [0.4, 0.5) is 5.69 Å². The van der Waals surface area contributed by atoms with E-state index in [-0.39, 0.29) is 23.0 Å². The molecule has 196 valence electrons. The van der Waals surface area contributed by atoms with Gasteiger partial charge in [-0.1, -0.05) is 66.5 Å². The molecular weight excluding hydrogens is 533 g/mol. The van der Waals surface area contributed by atoms with E-state index < -0.39 is 28.5 Å². The summed E-state index contributed by atoms with van der Waals surface area (Å²) >= 11 is 12.1. The number of carbonyl (C=O) groups excluding carboxylic acids is 2. The van der Waals surface area contributed by atoms with Crippen molar-refractivity contribution >= 4 is 50.7 Å². The number of sulfonamides is 1. The van der Waals surface area contributed by atoms with E-state index in [1.54, 1.807) is 18.2 Å². The molecule has 1 atom stereocenters. The maximum Gasteiger partial charge on any atom is 0.264 e. The molecule has 0 saturated carbocycles. The van der Waals surface area contributed by atoms with Crippen LogP contribution in [0.5, 0.6) is 0 Å². The highest BCUT2D eigenvalue weighted by Gasteiger charge is 2.33. The number of rotatable bonds is 11. The van der Waals surface area contributed by atoms with E-state index in [9.17, 15) is 18.0 Å². The first kappa shape index (κ1) is 28.5. The topological polar surface area (TPSA) is 86.8 Å². The van der Waals surface area contributed by atoms with Gasteiger partial charge >= 0.3 is 0 Å². The fourth-order valence-electron chi connectivity index (χ4n) is 3.96. The monoisotopic (exact) mass is 561 g/mol. The first-order valence-electron chi connectivity index (χ1n) is 11.8. The van der Waals surface area contributed by atoms with E-state index >= 15 is 0 Å².